The summed E-state index contributed by atoms with van der Waals surface area (Å²) in [5, 5.41) is 8.78. The maximum absolute atomic E-state index is 12.4. The predicted octanol–water partition coefficient (Wildman–Crippen LogP) is 3.41. The molecule has 0 spiro atoms. The van der Waals surface area contributed by atoms with Gasteiger partial charge in [-0.05, 0) is 24.3 Å². The fourth-order valence-corrected chi connectivity index (χ4v) is 3.79. The molecule has 3 rings (SSSR count). The lowest BCUT2D eigenvalue weighted by molar-refractivity contribution is -0.137. The molecule has 0 radical (unpaired) electrons. The van der Waals surface area contributed by atoms with Gasteiger partial charge in [0.15, 0.2) is 0 Å². The molecule has 0 unspecified atom stereocenters. The van der Waals surface area contributed by atoms with Crippen molar-refractivity contribution < 1.29 is 28.6 Å². The van der Waals surface area contributed by atoms with Gasteiger partial charge in [-0.1, -0.05) is 36.1 Å². The van der Waals surface area contributed by atoms with Crippen molar-refractivity contribution in [1.82, 2.24) is 4.90 Å². The Morgan fingerprint density at radius 1 is 1.25 bits per heavy atom. The van der Waals surface area contributed by atoms with Crippen molar-refractivity contribution in [3.8, 4) is 11.3 Å². The zero-order valence-corrected chi connectivity index (χ0v) is 16.3. The molecular weight excluding hydrogens is 402 g/mol. The second-order valence-electron chi connectivity index (χ2n) is 5.75. The lowest BCUT2D eigenvalue weighted by Crippen LogP contribution is -2.30. The standard InChI is InChI=1S/C19H15NO6S2/c1-25-18(24)12-4-2-11(3-5-12)14-7-6-13(26-14)10-15-17(23)20(19(27)28-15)9-8-16(21)22/h2-7,10H,8-9H2,1H3,(H,21,22)/b15-10+. The van der Waals surface area contributed by atoms with E-state index in [9.17, 15) is 14.4 Å². The second-order valence-corrected chi connectivity index (χ2v) is 7.42. The van der Waals surface area contributed by atoms with Gasteiger partial charge in [-0.15, -0.1) is 0 Å². The number of hydrogen-bond acceptors (Lipinski definition) is 7. The van der Waals surface area contributed by atoms with Crippen LogP contribution < -0.4 is 0 Å². The summed E-state index contributed by atoms with van der Waals surface area (Å²) in [5.74, 6) is -0.713. The smallest absolute Gasteiger partial charge is 0.337 e. The summed E-state index contributed by atoms with van der Waals surface area (Å²) >= 11 is 6.26. The first kappa shape index (κ1) is 19.8. The van der Waals surface area contributed by atoms with Gasteiger partial charge in [0.2, 0.25) is 0 Å². The van der Waals surface area contributed by atoms with Crippen LogP contribution in [0.2, 0.25) is 0 Å². The minimum atomic E-state index is -0.994. The molecule has 1 N–H and O–H groups in total. The van der Waals surface area contributed by atoms with Crippen molar-refractivity contribution in [2.75, 3.05) is 13.7 Å². The molecule has 0 atom stereocenters. The molecule has 28 heavy (non-hydrogen) atoms. The van der Waals surface area contributed by atoms with E-state index in [-0.39, 0.29) is 18.9 Å². The maximum Gasteiger partial charge on any atom is 0.337 e. The number of carbonyl (C=O) groups is 3. The van der Waals surface area contributed by atoms with Crippen LogP contribution in [0.25, 0.3) is 17.4 Å². The van der Waals surface area contributed by atoms with Crippen LogP contribution in [0.3, 0.4) is 0 Å². The van der Waals surface area contributed by atoms with E-state index in [4.69, 9.17) is 21.7 Å². The van der Waals surface area contributed by atoms with E-state index >= 15 is 0 Å². The van der Waals surface area contributed by atoms with Gasteiger partial charge in [0, 0.05) is 18.2 Å². The quantitative estimate of drug-likeness (QED) is 0.434. The highest BCUT2D eigenvalue weighted by Gasteiger charge is 2.32. The van der Waals surface area contributed by atoms with E-state index in [0.29, 0.717) is 26.3 Å². The number of carboxylic acid groups (broad SMARTS) is 1. The fourth-order valence-electron chi connectivity index (χ4n) is 2.50. The van der Waals surface area contributed by atoms with Crippen molar-refractivity contribution in [3.05, 3.63) is 52.6 Å². The molecule has 2 heterocycles. The first-order valence-electron chi connectivity index (χ1n) is 8.15. The van der Waals surface area contributed by atoms with E-state index in [0.717, 1.165) is 17.3 Å². The molecule has 1 amide bonds. The number of thioether (sulfide) groups is 1. The topological polar surface area (TPSA) is 97.0 Å². The van der Waals surface area contributed by atoms with Gasteiger partial charge in [-0.2, -0.15) is 0 Å². The molecule has 1 fully saturated rings. The molecular formula is C19H15NO6S2. The van der Waals surface area contributed by atoms with Crippen LogP contribution in [0, 0.1) is 0 Å². The van der Waals surface area contributed by atoms with Crippen LogP contribution in [0.15, 0.2) is 45.7 Å². The van der Waals surface area contributed by atoms with E-state index in [1.54, 1.807) is 42.5 Å². The number of furan rings is 1. The molecule has 0 aliphatic carbocycles. The summed E-state index contributed by atoms with van der Waals surface area (Å²) in [5.41, 5.74) is 1.20. The van der Waals surface area contributed by atoms with Crippen LogP contribution in [-0.4, -0.2) is 45.8 Å². The summed E-state index contributed by atoms with van der Waals surface area (Å²) in [6, 6.07) is 10.2. The number of ether oxygens (including phenoxy) is 1. The first-order valence-corrected chi connectivity index (χ1v) is 9.37. The van der Waals surface area contributed by atoms with Crippen LogP contribution in [-0.2, 0) is 14.3 Å². The third-order valence-electron chi connectivity index (χ3n) is 3.91. The Bertz CT molecular complexity index is 977. The highest BCUT2D eigenvalue weighted by molar-refractivity contribution is 8.26. The summed E-state index contributed by atoms with van der Waals surface area (Å²) < 4.78 is 10.7. The largest absolute Gasteiger partial charge is 0.481 e. The number of carbonyl (C=O) groups excluding carboxylic acids is 2. The lowest BCUT2D eigenvalue weighted by Gasteiger charge is -2.12. The Morgan fingerprint density at radius 3 is 2.61 bits per heavy atom. The van der Waals surface area contributed by atoms with Gasteiger partial charge in [-0.25, -0.2) is 4.79 Å². The Morgan fingerprint density at radius 2 is 1.96 bits per heavy atom. The fraction of sp³-hybridized carbons (Fsp3) is 0.158. The number of thiocarbonyl (C=S) groups is 1. The molecule has 7 nitrogen and oxygen atoms in total. The molecule has 0 bridgehead atoms. The second kappa shape index (κ2) is 8.41. The van der Waals surface area contributed by atoms with Crippen LogP contribution in [0.4, 0.5) is 0 Å². The predicted molar refractivity (Wildman–Crippen MR) is 108 cm³/mol. The molecule has 1 saturated heterocycles. The summed E-state index contributed by atoms with van der Waals surface area (Å²) in [7, 11) is 1.32. The Hall–Kier alpha value is -2.91. The SMILES string of the molecule is COC(=O)c1ccc(-c2ccc(/C=C3/SC(=S)N(CCC(=O)O)C3=O)o2)cc1. The highest BCUT2D eigenvalue weighted by Crippen LogP contribution is 2.33. The Balaban J connectivity index is 1.75. The van der Waals surface area contributed by atoms with Crippen molar-refractivity contribution in [2.45, 2.75) is 6.42 Å². The normalized spacial score (nSPS) is 15.3. The molecule has 0 saturated carbocycles. The van der Waals surface area contributed by atoms with Gasteiger partial charge in [0.05, 0.1) is 24.0 Å². The van der Waals surface area contributed by atoms with Crippen molar-refractivity contribution in [2.24, 2.45) is 0 Å². The number of rotatable bonds is 6. The molecule has 9 heteroatoms. The highest BCUT2D eigenvalue weighted by atomic mass is 32.2. The van der Waals surface area contributed by atoms with E-state index in [2.05, 4.69) is 4.74 Å². The summed E-state index contributed by atoms with van der Waals surface area (Å²) in [6.07, 6.45) is 1.40. The monoisotopic (exact) mass is 417 g/mol. The molecule has 1 aromatic carbocycles. The Labute approximate surface area is 170 Å². The minimum Gasteiger partial charge on any atom is -0.481 e. The van der Waals surface area contributed by atoms with Gasteiger partial charge < -0.3 is 14.3 Å². The van der Waals surface area contributed by atoms with E-state index in [1.807, 2.05) is 0 Å². The number of aliphatic carboxylic acids is 1. The number of methoxy groups -OCH3 is 1. The summed E-state index contributed by atoms with van der Waals surface area (Å²) in [4.78, 5) is 36.3. The van der Waals surface area contributed by atoms with Gasteiger partial charge in [0.1, 0.15) is 15.8 Å². The van der Waals surface area contributed by atoms with Crippen LogP contribution >= 0.6 is 24.0 Å². The van der Waals surface area contributed by atoms with E-state index in [1.165, 1.54) is 12.0 Å². The zero-order valence-electron chi connectivity index (χ0n) is 14.7. The molecule has 1 aromatic heterocycles. The van der Waals surface area contributed by atoms with Gasteiger partial charge >= 0.3 is 11.9 Å². The molecule has 2 aromatic rings. The first-order chi connectivity index (χ1) is 13.4. The molecule has 1 aliphatic heterocycles. The number of amides is 1. The van der Waals surface area contributed by atoms with Crippen LogP contribution in [0.1, 0.15) is 22.5 Å². The van der Waals surface area contributed by atoms with Crippen molar-refractivity contribution in [1.29, 1.82) is 0 Å². The number of benzene rings is 1. The molecule has 1 aliphatic rings. The summed E-state index contributed by atoms with van der Waals surface area (Å²) in [6.45, 7) is 0.0350. The van der Waals surface area contributed by atoms with Gasteiger partial charge in [0.25, 0.3) is 5.91 Å². The zero-order chi connectivity index (χ0) is 20.3. The van der Waals surface area contributed by atoms with Crippen molar-refractivity contribution >= 4 is 52.2 Å². The average Bonchev–Trinajstić information content (AvgIpc) is 3.25. The number of esters is 1. The maximum atomic E-state index is 12.4. The van der Waals surface area contributed by atoms with Crippen molar-refractivity contribution in [3.63, 3.8) is 0 Å². The third kappa shape index (κ3) is 4.32. The number of nitrogens with zero attached hydrogens (tertiary/aromatic N) is 1. The Kier molecular flexibility index (Phi) is 5.96. The molecule has 144 valence electrons. The average molecular weight is 417 g/mol. The van der Waals surface area contributed by atoms with E-state index < -0.39 is 11.9 Å². The lowest BCUT2D eigenvalue weighted by atomic mass is 10.1. The van der Waals surface area contributed by atoms with Crippen LogP contribution in [0.5, 0.6) is 0 Å². The minimum absolute atomic E-state index is 0.0350. The number of carboxylic acids is 1. The van der Waals surface area contributed by atoms with Gasteiger partial charge in [-0.3, -0.25) is 14.5 Å². The third-order valence-corrected chi connectivity index (χ3v) is 5.29. The number of hydrogen-bond donors (Lipinski definition) is 1.